The molecule has 1 fully saturated rings. The van der Waals surface area contributed by atoms with E-state index < -0.39 is 5.41 Å². The first kappa shape index (κ1) is 21.7. The van der Waals surface area contributed by atoms with Gasteiger partial charge in [0.1, 0.15) is 5.41 Å². The van der Waals surface area contributed by atoms with Crippen molar-refractivity contribution in [1.82, 2.24) is 5.32 Å². The predicted octanol–water partition coefficient (Wildman–Crippen LogP) is 6.71. The molecule has 2 aromatic rings. The molecular formula is C33H31N3. The number of allylic oxidation sites excluding steroid dienone is 11. The lowest BCUT2D eigenvalue weighted by Gasteiger charge is -2.34. The summed E-state index contributed by atoms with van der Waals surface area (Å²) in [5.41, 5.74) is 5.63. The molecule has 0 aromatic heterocycles. The molecular weight excluding hydrogens is 438 g/mol. The van der Waals surface area contributed by atoms with Gasteiger partial charge in [-0.2, -0.15) is 5.26 Å². The Morgan fingerprint density at radius 3 is 2.72 bits per heavy atom. The van der Waals surface area contributed by atoms with Crippen LogP contribution in [-0.2, 0) is 5.41 Å². The van der Waals surface area contributed by atoms with Crippen LogP contribution < -0.4 is 10.6 Å². The maximum absolute atomic E-state index is 10.3. The fourth-order valence-corrected chi connectivity index (χ4v) is 7.20. The molecule has 0 bridgehead atoms. The number of anilines is 1. The molecule has 7 rings (SSSR count). The lowest BCUT2D eigenvalue weighted by Crippen LogP contribution is -2.32. The van der Waals surface area contributed by atoms with Crippen molar-refractivity contribution >= 4 is 16.5 Å². The third-order valence-corrected chi connectivity index (χ3v) is 9.40. The zero-order chi connectivity index (χ0) is 24.5. The Kier molecular flexibility index (Phi) is 4.63. The van der Waals surface area contributed by atoms with Crippen LogP contribution in [0.15, 0.2) is 108 Å². The van der Waals surface area contributed by atoms with Gasteiger partial charge in [0.25, 0.3) is 0 Å². The molecule has 1 saturated heterocycles. The van der Waals surface area contributed by atoms with Gasteiger partial charge in [-0.1, -0.05) is 91.4 Å². The number of nitrogens with one attached hydrogen (secondary N) is 2. The van der Waals surface area contributed by atoms with Crippen LogP contribution in [0.5, 0.6) is 0 Å². The van der Waals surface area contributed by atoms with Gasteiger partial charge in [-0.05, 0) is 47.8 Å². The van der Waals surface area contributed by atoms with Gasteiger partial charge >= 0.3 is 0 Å². The third kappa shape index (κ3) is 2.95. The topological polar surface area (TPSA) is 57.8 Å². The van der Waals surface area contributed by atoms with Crippen molar-refractivity contribution in [2.24, 2.45) is 23.2 Å². The highest BCUT2D eigenvalue weighted by Gasteiger charge is 2.53. The average Bonchev–Trinajstić information content (AvgIpc) is 3.67. The lowest BCUT2D eigenvalue weighted by atomic mass is 9.70. The lowest BCUT2D eigenvalue weighted by molar-refractivity contribution is 0.312. The Balaban J connectivity index is 1.22. The molecule has 178 valence electrons. The molecule has 0 saturated carbocycles. The van der Waals surface area contributed by atoms with E-state index in [1.54, 1.807) is 11.1 Å². The van der Waals surface area contributed by atoms with Gasteiger partial charge in [-0.25, -0.2) is 0 Å². The summed E-state index contributed by atoms with van der Waals surface area (Å²) in [5.74, 6) is 1.41. The van der Waals surface area contributed by atoms with E-state index in [-0.39, 0.29) is 5.41 Å². The molecule has 2 aromatic carbocycles. The van der Waals surface area contributed by atoms with Crippen LogP contribution in [0, 0.1) is 34.5 Å². The van der Waals surface area contributed by atoms with Gasteiger partial charge in [0.2, 0.25) is 0 Å². The fraction of sp³-hybridized carbons (Fsp3) is 0.303. The van der Waals surface area contributed by atoms with E-state index in [1.165, 1.54) is 5.39 Å². The van der Waals surface area contributed by atoms with Crippen molar-refractivity contribution in [1.29, 1.82) is 5.26 Å². The number of nitriles is 1. The summed E-state index contributed by atoms with van der Waals surface area (Å²) < 4.78 is 0. The normalized spacial score (nSPS) is 36.8. The van der Waals surface area contributed by atoms with E-state index in [4.69, 9.17) is 0 Å². The molecule has 36 heavy (non-hydrogen) atoms. The number of fused-ring (bicyclic) bond motifs is 5. The summed E-state index contributed by atoms with van der Waals surface area (Å²) in [6.45, 7) is 5.58. The monoisotopic (exact) mass is 469 g/mol. The first-order valence-electron chi connectivity index (χ1n) is 13.1. The Morgan fingerprint density at radius 2 is 1.89 bits per heavy atom. The van der Waals surface area contributed by atoms with Gasteiger partial charge in [-0.3, -0.25) is 0 Å². The van der Waals surface area contributed by atoms with Crippen LogP contribution in [0.3, 0.4) is 0 Å². The first-order valence-corrected chi connectivity index (χ1v) is 13.1. The molecule has 5 aliphatic rings. The van der Waals surface area contributed by atoms with Gasteiger partial charge in [0.05, 0.1) is 6.07 Å². The van der Waals surface area contributed by atoms with Crippen molar-refractivity contribution in [2.75, 3.05) is 11.9 Å². The minimum absolute atomic E-state index is 0.0988. The van der Waals surface area contributed by atoms with Gasteiger partial charge in [0, 0.05) is 46.8 Å². The van der Waals surface area contributed by atoms with Crippen molar-refractivity contribution < 1.29 is 0 Å². The van der Waals surface area contributed by atoms with E-state index in [1.807, 2.05) is 6.92 Å². The fourth-order valence-electron chi connectivity index (χ4n) is 7.20. The summed E-state index contributed by atoms with van der Waals surface area (Å²) in [6.07, 6.45) is 21.8. The summed E-state index contributed by atoms with van der Waals surface area (Å²) >= 11 is 0. The van der Waals surface area contributed by atoms with E-state index in [2.05, 4.69) is 115 Å². The second-order valence-electron chi connectivity index (χ2n) is 11.3. The smallest absolute Gasteiger partial charge is 0.122 e. The Hall–Kier alpha value is -3.61. The third-order valence-electron chi connectivity index (χ3n) is 9.40. The predicted molar refractivity (Wildman–Crippen MR) is 147 cm³/mol. The second-order valence-corrected chi connectivity index (χ2v) is 11.3. The SMILES string of the molecule is CC1(C#N)/C(=C/C=C/C2CC3=C(C=CC4C=CC=CC34)C2(C)C2CN2)Nc2ccc3ccccc3c21. The van der Waals surface area contributed by atoms with E-state index in [9.17, 15) is 5.26 Å². The standard InChI is InChI=1S/C33H31N3/c1-32(20-34)29(36-28-17-15-22-9-4-6-12-25(22)31(28)32)13-7-10-23-18-26-24-11-5-3-8-21(24)14-16-27(26)33(23,2)30-19-35-30/h3-17,21,23-24,30,35-36H,18-19H2,1-2H3/b10-7+,29-13-. The molecule has 3 aliphatic carbocycles. The number of hydrogen-bond acceptors (Lipinski definition) is 3. The van der Waals surface area contributed by atoms with Gasteiger partial charge in [-0.15, -0.1) is 0 Å². The number of nitrogens with zero attached hydrogens (tertiary/aromatic N) is 1. The van der Waals surface area contributed by atoms with Crippen LogP contribution in [0.4, 0.5) is 5.69 Å². The highest BCUT2D eigenvalue weighted by Crippen LogP contribution is 2.57. The summed E-state index contributed by atoms with van der Waals surface area (Å²) in [6, 6.07) is 15.8. The molecule has 0 amide bonds. The number of benzene rings is 2. The maximum Gasteiger partial charge on any atom is 0.122 e. The Bertz CT molecular complexity index is 1510. The largest absolute Gasteiger partial charge is 0.357 e. The summed E-state index contributed by atoms with van der Waals surface area (Å²) in [5, 5.41) is 19.9. The molecule has 0 spiro atoms. The molecule has 0 radical (unpaired) electrons. The van der Waals surface area contributed by atoms with E-state index in [0.29, 0.717) is 23.8 Å². The molecule has 2 N–H and O–H groups in total. The van der Waals surface area contributed by atoms with Gasteiger partial charge < -0.3 is 10.6 Å². The summed E-state index contributed by atoms with van der Waals surface area (Å²) in [7, 11) is 0. The molecule has 6 atom stereocenters. The number of rotatable bonds is 3. The molecule has 2 aliphatic heterocycles. The van der Waals surface area contributed by atoms with Crippen molar-refractivity contribution in [3.63, 3.8) is 0 Å². The van der Waals surface area contributed by atoms with Crippen LogP contribution in [-0.4, -0.2) is 12.6 Å². The molecule has 3 nitrogen and oxygen atoms in total. The Morgan fingerprint density at radius 1 is 1.06 bits per heavy atom. The van der Waals surface area contributed by atoms with Crippen LogP contribution >= 0.6 is 0 Å². The van der Waals surface area contributed by atoms with E-state index >= 15 is 0 Å². The van der Waals surface area contributed by atoms with Crippen LogP contribution in [0.25, 0.3) is 10.8 Å². The van der Waals surface area contributed by atoms with Crippen LogP contribution in [0.2, 0.25) is 0 Å². The van der Waals surface area contributed by atoms with Crippen molar-refractivity contribution in [2.45, 2.75) is 31.7 Å². The first-order chi connectivity index (χ1) is 17.5. The second kappa shape index (κ2) is 7.69. The Labute approximate surface area is 213 Å². The maximum atomic E-state index is 10.3. The molecule has 3 heteroatoms. The quantitative estimate of drug-likeness (QED) is 0.491. The minimum Gasteiger partial charge on any atom is -0.357 e. The van der Waals surface area contributed by atoms with Crippen molar-refractivity contribution in [3.8, 4) is 6.07 Å². The highest BCUT2D eigenvalue weighted by molar-refractivity contribution is 5.95. The highest BCUT2D eigenvalue weighted by atomic mass is 15.1. The minimum atomic E-state index is -0.704. The van der Waals surface area contributed by atoms with Gasteiger partial charge in [0.15, 0.2) is 0 Å². The molecule has 6 unspecified atom stereocenters. The average molecular weight is 470 g/mol. The zero-order valence-corrected chi connectivity index (χ0v) is 20.8. The van der Waals surface area contributed by atoms with Crippen molar-refractivity contribution in [3.05, 3.63) is 113 Å². The zero-order valence-electron chi connectivity index (χ0n) is 20.8. The van der Waals surface area contributed by atoms with E-state index in [0.717, 1.165) is 35.3 Å². The number of hydrogen-bond donors (Lipinski definition) is 2. The molecule has 2 heterocycles. The van der Waals surface area contributed by atoms with Crippen LogP contribution in [0.1, 0.15) is 25.8 Å². The summed E-state index contributed by atoms with van der Waals surface area (Å²) in [4.78, 5) is 0.